The molecule has 0 atom stereocenters. The number of hydrogen-bond donors (Lipinski definition) is 0. The molecule has 0 bridgehead atoms. The molecule has 1 saturated heterocycles. The number of hydrogen-bond acceptors (Lipinski definition) is 2. The molecule has 4 nitrogen and oxygen atoms in total. The van der Waals surface area contributed by atoms with Crippen LogP contribution in [0.5, 0.6) is 0 Å². The van der Waals surface area contributed by atoms with E-state index in [-0.39, 0.29) is 11.8 Å². The van der Waals surface area contributed by atoms with E-state index >= 15 is 0 Å². The van der Waals surface area contributed by atoms with E-state index in [2.05, 4.69) is 0 Å². The molecular formula is C19H18Cl2N2O2. The molecule has 2 aromatic rings. The number of piperazine rings is 1. The summed E-state index contributed by atoms with van der Waals surface area (Å²) in [7, 11) is 0. The fourth-order valence-electron chi connectivity index (χ4n) is 2.80. The number of benzene rings is 2. The molecule has 0 aliphatic carbocycles. The number of nitrogens with zero attached hydrogens (tertiary/aromatic N) is 2. The van der Waals surface area contributed by atoms with Crippen molar-refractivity contribution in [1.82, 2.24) is 9.80 Å². The first kappa shape index (κ1) is 17.8. The molecule has 130 valence electrons. The third-order valence-corrected chi connectivity index (χ3v) is 5.06. The SMILES string of the molecule is Cc1ccc(C(=O)N2CCN(C(=O)c3ccc(Cl)c(Cl)c3)CC2)cc1. The quantitative estimate of drug-likeness (QED) is 0.797. The van der Waals surface area contributed by atoms with Crippen molar-refractivity contribution in [2.75, 3.05) is 26.2 Å². The smallest absolute Gasteiger partial charge is 0.254 e. The number of carbonyl (C=O) groups is 2. The van der Waals surface area contributed by atoms with Gasteiger partial charge >= 0.3 is 0 Å². The molecule has 0 spiro atoms. The minimum atomic E-state index is -0.0963. The van der Waals surface area contributed by atoms with Crippen LogP contribution in [0.4, 0.5) is 0 Å². The molecule has 0 unspecified atom stereocenters. The van der Waals surface area contributed by atoms with E-state index in [0.717, 1.165) is 5.56 Å². The van der Waals surface area contributed by atoms with Crippen LogP contribution in [-0.2, 0) is 0 Å². The van der Waals surface area contributed by atoms with Crippen LogP contribution in [0.15, 0.2) is 42.5 Å². The molecule has 2 aromatic carbocycles. The van der Waals surface area contributed by atoms with Gasteiger partial charge in [0.1, 0.15) is 0 Å². The fourth-order valence-corrected chi connectivity index (χ4v) is 3.10. The molecular weight excluding hydrogens is 359 g/mol. The molecule has 1 fully saturated rings. The lowest BCUT2D eigenvalue weighted by atomic mass is 10.1. The highest BCUT2D eigenvalue weighted by molar-refractivity contribution is 6.42. The second-order valence-corrected chi connectivity index (χ2v) is 6.89. The van der Waals surface area contributed by atoms with Crippen LogP contribution in [0.25, 0.3) is 0 Å². The van der Waals surface area contributed by atoms with Crippen LogP contribution >= 0.6 is 23.2 Å². The highest BCUT2D eigenvalue weighted by Crippen LogP contribution is 2.23. The van der Waals surface area contributed by atoms with Crippen LogP contribution in [0.1, 0.15) is 26.3 Å². The lowest BCUT2D eigenvalue weighted by Gasteiger charge is -2.35. The first-order valence-electron chi connectivity index (χ1n) is 8.06. The normalized spacial score (nSPS) is 14.5. The molecule has 0 saturated carbocycles. The fraction of sp³-hybridized carbons (Fsp3) is 0.263. The summed E-state index contributed by atoms with van der Waals surface area (Å²) in [5.41, 5.74) is 2.30. The number of rotatable bonds is 2. The van der Waals surface area contributed by atoms with E-state index in [1.54, 1.807) is 28.0 Å². The Morgan fingerprint density at radius 1 is 0.760 bits per heavy atom. The second kappa shape index (κ2) is 7.46. The van der Waals surface area contributed by atoms with Crippen LogP contribution in [0.2, 0.25) is 10.0 Å². The Morgan fingerprint density at radius 3 is 1.76 bits per heavy atom. The van der Waals surface area contributed by atoms with Gasteiger partial charge in [-0.15, -0.1) is 0 Å². The zero-order chi connectivity index (χ0) is 18.0. The maximum Gasteiger partial charge on any atom is 0.254 e. The molecule has 3 rings (SSSR count). The zero-order valence-corrected chi connectivity index (χ0v) is 15.3. The van der Waals surface area contributed by atoms with Crippen molar-refractivity contribution in [3.8, 4) is 0 Å². The molecule has 6 heteroatoms. The van der Waals surface area contributed by atoms with Gasteiger partial charge in [-0.1, -0.05) is 40.9 Å². The van der Waals surface area contributed by atoms with Crippen molar-refractivity contribution in [2.24, 2.45) is 0 Å². The number of carbonyl (C=O) groups excluding carboxylic acids is 2. The summed E-state index contributed by atoms with van der Waals surface area (Å²) in [4.78, 5) is 28.6. The van der Waals surface area contributed by atoms with Crippen molar-refractivity contribution in [3.05, 3.63) is 69.2 Å². The van der Waals surface area contributed by atoms with E-state index in [0.29, 0.717) is 47.4 Å². The van der Waals surface area contributed by atoms with Gasteiger partial charge < -0.3 is 9.80 Å². The summed E-state index contributed by atoms with van der Waals surface area (Å²) >= 11 is 11.9. The van der Waals surface area contributed by atoms with E-state index < -0.39 is 0 Å². The van der Waals surface area contributed by atoms with Gasteiger partial charge in [0.05, 0.1) is 10.0 Å². The average molecular weight is 377 g/mol. The van der Waals surface area contributed by atoms with Crippen LogP contribution in [0.3, 0.4) is 0 Å². The zero-order valence-electron chi connectivity index (χ0n) is 13.8. The molecule has 0 aromatic heterocycles. The minimum absolute atomic E-state index is 0.00152. The van der Waals surface area contributed by atoms with Gasteiger partial charge in [-0.2, -0.15) is 0 Å². The number of amides is 2. The summed E-state index contributed by atoms with van der Waals surface area (Å²) < 4.78 is 0. The van der Waals surface area contributed by atoms with E-state index in [1.807, 2.05) is 31.2 Å². The summed E-state index contributed by atoms with van der Waals surface area (Å²) in [5, 5.41) is 0.785. The van der Waals surface area contributed by atoms with E-state index in [9.17, 15) is 9.59 Å². The van der Waals surface area contributed by atoms with Gasteiger partial charge in [-0.05, 0) is 37.3 Å². The molecule has 1 heterocycles. The lowest BCUT2D eigenvalue weighted by Crippen LogP contribution is -2.50. The summed E-state index contributed by atoms with van der Waals surface area (Å²) in [6.07, 6.45) is 0. The summed E-state index contributed by atoms with van der Waals surface area (Å²) in [6.45, 7) is 4.01. The standard InChI is InChI=1S/C19H18Cl2N2O2/c1-13-2-4-14(5-3-13)18(24)22-8-10-23(11-9-22)19(25)15-6-7-16(20)17(21)12-15/h2-7,12H,8-11H2,1H3. The number of halogens is 2. The maximum atomic E-state index is 12.6. The van der Waals surface area contributed by atoms with Crippen molar-refractivity contribution < 1.29 is 9.59 Å². The van der Waals surface area contributed by atoms with Crippen LogP contribution in [-0.4, -0.2) is 47.8 Å². The highest BCUT2D eigenvalue weighted by atomic mass is 35.5. The Kier molecular flexibility index (Phi) is 5.30. The predicted molar refractivity (Wildman–Crippen MR) is 99.4 cm³/mol. The topological polar surface area (TPSA) is 40.6 Å². The first-order chi connectivity index (χ1) is 12.0. The Hall–Kier alpha value is -2.04. The molecule has 1 aliphatic heterocycles. The van der Waals surface area contributed by atoms with Gasteiger partial charge in [0, 0.05) is 37.3 Å². The summed E-state index contributed by atoms with van der Waals surface area (Å²) in [6, 6.07) is 12.4. The van der Waals surface area contributed by atoms with Crippen molar-refractivity contribution in [1.29, 1.82) is 0 Å². The number of aryl methyl sites for hydroxylation is 1. The van der Waals surface area contributed by atoms with Crippen molar-refractivity contribution in [3.63, 3.8) is 0 Å². The Balaban J connectivity index is 1.63. The largest absolute Gasteiger partial charge is 0.335 e. The van der Waals surface area contributed by atoms with E-state index in [1.165, 1.54) is 0 Å². The molecule has 0 radical (unpaired) electrons. The summed E-state index contributed by atoms with van der Waals surface area (Å²) in [5.74, 6) is -0.0948. The monoisotopic (exact) mass is 376 g/mol. The van der Waals surface area contributed by atoms with Gasteiger partial charge in [0.15, 0.2) is 0 Å². The lowest BCUT2D eigenvalue weighted by molar-refractivity contribution is 0.0535. The van der Waals surface area contributed by atoms with Crippen LogP contribution in [0, 0.1) is 6.92 Å². The van der Waals surface area contributed by atoms with Crippen molar-refractivity contribution >= 4 is 35.0 Å². The van der Waals surface area contributed by atoms with Gasteiger partial charge in [0.25, 0.3) is 11.8 Å². The Bertz CT molecular complexity index is 798. The third kappa shape index (κ3) is 3.97. The van der Waals surface area contributed by atoms with Gasteiger partial charge in [-0.3, -0.25) is 9.59 Å². The minimum Gasteiger partial charge on any atom is -0.335 e. The molecule has 0 N–H and O–H groups in total. The maximum absolute atomic E-state index is 12.6. The molecule has 2 amide bonds. The van der Waals surface area contributed by atoms with Gasteiger partial charge in [-0.25, -0.2) is 0 Å². The van der Waals surface area contributed by atoms with Crippen molar-refractivity contribution in [2.45, 2.75) is 6.92 Å². The van der Waals surface area contributed by atoms with Gasteiger partial charge in [0.2, 0.25) is 0 Å². The predicted octanol–water partition coefficient (Wildman–Crippen LogP) is 3.90. The highest BCUT2D eigenvalue weighted by Gasteiger charge is 2.25. The van der Waals surface area contributed by atoms with E-state index in [4.69, 9.17) is 23.2 Å². The van der Waals surface area contributed by atoms with Crippen LogP contribution < -0.4 is 0 Å². The first-order valence-corrected chi connectivity index (χ1v) is 8.81. The second-order valence-electron chi connectivity index (χ2n) is 6.08. The molecule has 1 aliphatic rings. The third-order valence-electron chi connectivity index (χ3n) is 4.32. The Labute approximate surface area is 156 Å². The molecule has 25 heavy (non-hydrogen) atoms. The Morgan fingerprint density at radius 2 is 1.24 bits per heavy atom. The average Bonchev–Trinajstić information content (AvgIpc) is 2.63.